The number of nitrogens with two attached hydrogens (primary N) is 1. The topological polar surface area (TPSA) is 47.7 Å². The predicted octanol–water partition coefficient (Wildman–Crippen LogP) is 1.78. The van der Waals surface area contributed by atoms with Gasteiger partial charge in [0.25, 0.3) is 0 Å². The van der Waals surface area contributed by atoms with Crippen molar-refractivity contribution < 1.29 is 9.47 Å². The molecule has 2 aliphatic rings. The molecule has 1 saturated heterocycles. The van der Waals surface area contributed by atoms with Crippen LogP contribution in [0.3, 0.4) is 0 Å². The van der Waals surface area contributed by atoms with Gasteiger partial charge in [-0.15, -0.1) is 0 Å². The summed E-state index contributed by atoms with van der Waals surface area (Å²) in [4.78, 5) is 2.52. The molecular weight excluding hydrogens is 240 g/mol. The second kappa shape index (κ2) is 7.58. The molecule has 112 valence electrons. The predicted molar refractivity (Wildman–Crippen MR) is 77.3 cm³/mol. The monoisotopic (exact) mass is 270 g/mol. The summed E-state index contributed by atoms with van der Waals surface area (Å²) in [6.07, 6.45) is 8.89. The molecule has 0 bridgehead atoms. The van der Waals surface area contributed by atoms with E-state index in [0.717, 1.165) is 39.3 Å². The van der Waals surface area contributed by atoms with Crippen molar-refractivity contribution in [3.63, 3.8) is 0 Å². The Morgan fingerprint density at radius 3 is 2.74 bits per heavy atom. The summed E-state index contributed by atoms with van der Waals surface area (Å²) in [7, 11) is 1.77. The molecule has 1 aliphatic heterocycles. The molecule has 2 N–H and O–H groups in total. The maximum Gasteiger partial charge on any atom is 0.0697 e. The van der Waals surface area contributed by atoms with Gasteiger partial charge in [0.15, 0.2) is 0 Å². The van der Waals surface area contributed by atoms with E-state index in [1.807, 2.05) is 0 Å². The third-order valence-corrected chi connectivity index (χ3v) is 4.75. The van der Waals surface area contributed by atoms with E-state index in [-0.39, 0.29) is 5.60 Å². The largest absolute Gasteiger partial charge is 0.383 e. The fraction of sp³-hybridized carbons (Fsp3) is 1.00. The third kappa shape index (κ3) is 4.15. The molecule has 1 heterocycles. The lowest BCUT2D eigenvalue weighted by Crippen LogP contribution is -2.51. The minimum absolute atomic E-state index is 0.182. The molecule has 1 saturated carbocycles. The summed E-state index contributed by atoms with van der Waals surface area (Å²) in [5, 5.41) is 0. The average Bonchev–Trinajstić information content (AvgIpc) is 2.44. The first kappa shape index (κ1) is 15.2. The van der Waals surface area contributed by atoms with Gasteiger partial charge in [0.1, 0.15) is 0 Å². The maximum atomic E-state index is 6.18. The lowest BCUT2D eigenvalue weighted by atomic mass is 9.78. The smallest absolute Gasteiger partial charge is 0.0697 e. The van der Waals surface area contributed by atoms with Crippen molar-refractivity contribution in [1.29, 1.82) is 0 Å². The molecule has 0 aromatic carbocycles. The van der Waals surface area contributed by atoms with E-state index in [9.17, 15) is 0 Å². The molecular formula is C15H30N2O2. The van der Waals surface area contributed by atoms with Gasteiger partial charge < -0.3 is 15.2 Å². The Morgan fingerprint density at radius 2 is 2.05 bits per heavy atom. The fourth-order valence-electron chi connectivity index (χ4n) is 3.71. The Hall–Kier alpha value is -0.160. The van der Waals surface area contributed by atoms with E-state index in [1.165, 1.54) is 38.5 Å². The molecule has 0 aromatic heterocycles. The average molecular weight is 270 g/mol. The normalized spacial score (nSPS) is 27.0. The molecule has 1 aliphatic carbocycles. The van der Waals surface area contributed by atoms with Crippen molar-refractivity contribution in [2.24, 2.45) is 5.73 Å². The second-order valence-electron chi connectivity index (χ2n) is 6.06. The van der Waals surface area contributed by atoms with E-state index in [4.69, 9.17) is 15.2 Å². The molecule has 0 amide bonds. The van der Waals surface area contributed by atoms with Crippen molar-refractivity contribution in [3.05, 3.63) is 0 Å². The van der Waals surface area contributed by atoms with E-state index in [0.29, 0.717) is 6.04 Å². The van der Waals surface area contributed by atoms with Crippen LogP contribution in [-0.4, -0.2) is 56.5 Å². The number of hydrogen-bond donors (Lipinski definition) is 1. The van der Waals surface area contributed by atoms with Gasteiger partial charge in [-0.05, 0) is 25.7 Å². The van der Waals surface area contributed by atoms with Crippen molar-refractivity contribution in [2.45, 2.75) is 56.6 Å². The highest BCUT2D eigenvalue weighted by molar-refractivity contribution is 4.93. The molecule has 0 aromatic rings. The lowest BCUT2D eigenvalue weighted by Gasteiger charge is -2.46. The Kier molecular flexibility index (Phi) is 6.07. The molecule has 19 heavy (non-hydrogen) atoms. The number of methoxy groups -OCH3 is 1. The Labute approximate surface area is 117 Å². The summed E-state index contributed by atoms with van der Waals surface area (Å²) in [5.74, 6) is 0. The SMILES string of the molecule is COCCN(CCN)C1CCOC2(CCCCC2)C1. The van der Waals surface area contributed by atoms with Crippen molar-refractivity contribution >= 4 is 0 Å². The van der Waals surface area contributed by atoms with Gasteiger partial charge in [-0.2, -0.15) is 0 Å². The summed E-state index contributed by atoms with van der Waals surface area (Å²) in [6.45, 7) is 4.41. The molecule has 4 nitrogen and oxygen atoms in total. The van der Waals surface area contributed by atoms with Crippen LogP contribution in [0.5, 0.6) is 0 Å². The van der Waals surface area contributed by atoms with Crippen LogP contribution in [0.25, 0.3) is 0 Å². The molecule has 0 radical (unpaired) electrons. The number of hydrogen-bond acceptors (Lipinski definition) is 4. The Balaban J connectivity index is 1.93. The van der Waals surface area contributed by atoms with Crippen LogP contribution in [0.2, 0.25) is 0 Å². The zero-order chi connectivity index (χ0) is 13.6. The van der Waals surface area contributed by atoms with Gasteiger partial charge in [0.05, 0.1) is 12.2 Å². The second-order valence-corrected chi connectivity index (χ2v) is 6.06. The van der Waals surface area contributed by atoms with Gasteiger partial charge in [0.2, 0.25) is 0 Å². The molecule has 1 unspecified atom stereocenters. The molecule has 2 fully saturated rings. The molecule has 1 atom stereocenters. The highest BCUT2D eigenvalue weighted by Gasteiger charge is 2.39. The first-order valence-corrected chi connectivity index (χ1v) is 7.87. The molecule has 1 spiro atoms. The van der Waals surface area contributed by atoms with Crippen LogP contribution in [0, 0.1) is 0 Å². The van der Waals surface area contributed by atoms with E-state index < -0.39 is 0 Å². The van der Waals surface area contributed by atoms with Crippen molar-refractivity contribution in [3.8, 4) is 0 Å². The van der Waals surface area contributed by atoms with Crippen LogP contribution in [0.4, 0.5) is 0 Å². The molecule has 4 heteroatoms. The minimum Gasteiger partial charge on any atom is -0.383 e. The summed E-state index contributed by atoms with van der Waals surface area (Å²) in [6, 6.07) is 0.630. The van der Waals surface area contributed by atoms with Crippen LogP contribution in [0.15, 0.2) is 0 Å². The molecule has 2 rings (SSSR count). The zero-order valence-corrected chi connectivity index (χ0v) is 12.4. The van der Waals surface area contributed by atoms with E-state index >= 15 is 0 Å². The third-order valence-electron chi connectivity index (χ3n) is 4.75. The van der Waals surface area contributed by atoms with Crippen LogP contribution in [0.1, 0.15) is 44.9 Å². The van der Waals surface area contributed by atoms with Crippen molar-refractivity contribution in [2.75, 3.05) is 40.0 Å². The van der Waals surface area contributed by atoms with E-state index in [2.05, 4.69) is 4.90 Å². The zero-order valence-electron chi connectivity index (χ0n) is 12.4. The highest BCUT2D eigenvalue weighted by atomic mass is 16.5. The number of rotatable bonds is 6. The minimum atomic E-state index is 0.182. The van der Waals surface area contributed by atoms with Gasteiger partial charge in [-0.1, -0.05) is 19.3 Å². The Bertz CT molecular complexity index is 249. The van der Waals surface area contributed by atoms with Gasteiger partial charge in [-0.3, -0.25) is 4.90 Å². The van der Waals surface area contributed by atoms with Gasteiger partial charge in [0, 0.05) is 39.4 Å². The highest BCUT2D eigenvalue weighted by Crippen LogP contribution is 2.39. The Morgan fingerprint density at radius 1 is 1.26 bits per heavy atom. The first-order valence-electron chi connectivity index (χ1n) is 7.87. The lowest BCUT2D eigenvalue weighted by molar-refractivity contribution is -0.125. The standard InChI is InChI=1S/C15H30N2O2/c1-18-12-10-17(9-8-16)14-5-11-19-15(13-14)6-3-2-4-7-15/h14H,2-13,16H2,1H3. The van der Waals surface area contributed by atoms with Crippen molar-refractivity contribution in [1.82, 2.24) is 4.90 Å². The van der Waals surface area contributed by atoms with Gasteiger partial charge in [-0.25, -0.2) is 0 Å². The van der Waals surface area contributed by atoms with Gasteiger partial charge >= 0.3 is 0 Å². The summed E-state index contributed by atoms with van der Waals surface area (Å²) >= 11 is 0. The first-order chi connectivity index (χ1) is 9.29. The van der Waals surface area contributed by atoms with Crippen LogP contribution >= 0.6 is 0 Å². The number of nitrogens with zero attached hydrogens (tertiary/aromatic N) is 1. The summed E-state index contributed by atoms with van der Waals surface area (Å²) < 4.78 is 11.4. The quantitative estimate of drug-likeness (QED) is 0.799. The maximum absolute atomic E-state index is 6.18. The number of ether oxygens (including phenoxy) is 2. The van der Waals surface area contributed by atoms with E-state index in [1.54, 1.807) is 7.11 Å². The fourth-order valence-corrected chi connectivity index (χ4v) is 3.71. The summed E-state index contributed by atoms with van der Waals surface area (Å²) in [5.41, 5.74) is 5.95. The van der Waals surface area contributed by atoms with Crippen LogP contribution < -0.4 is 5.73 Å². The van der Waals surface area contributed by atoms with Crippen LogP contribution in [-0.2, 0) is 9.47 Å².